The number of hydrogen-bond donors (Lipinski definition) is 1. The van der Waals surface area contributed by atoms with Crippen molar-refractivity contribution in [1.29, 1.82) is 0 Å². The van der Waals surface area contributed by atoms with Gasteiger partial charge in [-0.15, -0.1) is 10.2 Å². The summed E-state index contributed by atoms with van der Waals surface area (Å²) in [5.41, 5.74) is 8.40. The van der Waals surface area contributed by atoms with Crippen LogP contribution in [0.5, 0.6) is 0 Å². The number of fused-ring (bicyclic) bond motifs is 1. The highest BCUT2D eigenvalue weighted by Crippen LogP contribution is 2.29. The minimum absolute atomic E-state index is 0.668. The van der Waals surface area contributed by atoms with E-state index in [9.17, 15) is 0 Å². The van der Waals surface area contributed by atoms with E-state index in [0.29, 0.717) is 16.5 Å². The van der Waals surface area contributed by atoms with Gasteiger partial charge in [-0.1, -0.05) is 35.5 Å². The molecule has 0 saturated heterocycles. The van der Waals surface area contributed by atoms with Gasteiger partial charge < -0.3 is 5.73 Å². The summed E-state index contributed by atoms with van der Waals surface area (Å²) in [5.74, 6) is 0.668. The maximum absolute atomic E-state index is 6.15. The molecule has 2 N–H and O–H groups in total. The normalized spacial score (nSPS) is 11.0. The summed E-state index contributed by atoms with van der Waals surface area (Å²) >= 11 is 7.71. The van der Waals surface area contributed by atoms with Crippen LogP contribution in [0.15, 0.2) is 47.8 Å². The van der Waals surface area contributed by atoms with Crippen LogP contribution in [0, 0.1) is 0 Å². The number of thioether (sulfide) groups is 1. The molecule has 0 aliphatic heterocycles. The van der Waals surface area contributed by atoms with E-state index in [2.05, 4.69) is 10.2 Å². The quantitative estimate of drug-likeness (QED) is 0.594. The highest BCUT2D eigenvalue weighted by Gasteiger charge is 2.09. The lowest BCUT2D eigenvalue weighted by Crippen LogP contribution is -1.94. The van der Waals surface area contributed by atoms with Crippen LogP contribution in [-0.4, -0.2) is 14.6 Å². The zero-order valence-electron chi connectivity index (χ0n) is 9.95. The molecular weight excluding hydrogens is 280 g/mol. The molecule has 0 fully saturated rings. The Kier molecular flexibility index (Phi) is 3.31. The van der Waals surface area contributed by atoms with Gasteiger partial charge in [0.25, 0.3) is 0 Å². The van der Waals surface area contributed by atoms with Gasteiger partial charge in [0.05, 0.1) is 0 Å². The first-order valence-electron chi connectivity index (χ1n) is 5.71. The molecule has 3 rings (SSSR count). The van der Waals surface area contributed by atoms with E-state index < -0.39 is 0 Å². The molecule has 19 heavy (non-hydrogen) atoms. The monoisotopic (exact) mass is 290 g/mol. The molecule has 0 saturated carbocycles. The highest BCUT2D eigenvalue weighted by molar-refractivity contribution is 7.98. The maximum Gasteiger partial charge on any atom is 0.195 e. The Bertz CT molecular complexity index is 705. The number of pyridine rings is 1. The number of hydrogen-bond acceptors (Lipinski definition) is 4. The first-order valence-corrected chi connectivity index (χ1v) is 7.07. The van der Waals surface area contributed by atoms with Crippen molar-refractivity contribution < 1.29 is 0 Å². The second-order valence-electron chi connectivity index (χ2n) is 4.01. The van der Waals surface area contributed by atoms with E-state index in [1.165, 1.54) is 0 Å². The van der Waals surface area contributed by atoms with Gasteiger partial charge in [0.15, 0.2) is 10.8 Å². The van der Waals surface area contributed by atoms with Crippen LogP contribution in [-0.2, 0) is 5.75 Å². The van der Waals surface area contributed by atoms with Crippen LogP contribution in [0.25, 0.3) is 5.65 Å². The van der Waals surface area contributed by atoms with E-state index in [1.54, 1.807) is 11.8 Å². The van der Waals surface area contributed by atoms with Crippen LogP contribution in [0.2, 0.25) is 5.02 Å². The van der Waals surface area contributed by atoms with Crippen molar-refractivity contribution in [2.45, 2.75) is 10.9 Å². The molecule has 2 heterocycles. The van der Waals surface area contributed by atoms with Gasteiger partial charge in [-0.2, -0.15) is 0 Å². The van der Waals surface area contributed by atoms with Crippen molar-refractivity contribution in [3.63, 3.8) is 0 Å². The fourth-order valence-corrected chi connectivity index (χ4v) is 3.10. The fraction of sp³-hybridized carbons (Fsp3) is 0.0769. The van der Waals surface area contributed by atoms with Crippen LogP contribution in [0.1, 0.15) is 5.56 Å². The smallest absolute Gasteiger partial charge is 0.195 e. The number of rotatable bonds is 3. The molecule has 2 aromatic heterocycles. The Balaban J connectivity index is 1.87. The lowest BCUT2D eigenvalue weighted by atomic mass is 10.2. The number of nitrogen functional groups attached to an aromatic ring is 1. The second-order valence-corrected chi connectivity index (χ2v) is 5.36. The number of halogens is 1. The first kappa shape index (κ1) is 12.3. The molecule has 0 bridgehead atoms. The maximum atomic E-state index is 6.15. The molecule has 0 aliphatic rings. The van der Waals surface area contributed by atoms with Crippen LogP contribution in [0.3, 0.4) is 0 Å². The standard InChI is InChI=1S/C13H11ClN4S/c14-10-4-3-5-11(15)9(10)8-19-13-17-16-12-6-1-2-7-18(12)13/h1-7H,8,15H2. The summed E-state index contributed by atoms with van der Waals surface area (Å²) < 4.78 is 1.94. The van der Waals surface area contributed by atoms with Gasteiger partial charge in [0.2, 0.25) is 0 Å². The number of anilines is 1. The Morgan fingerprint density at radius 3 is 2.89 bits per heavy atom. The van der Waals surface area contributed by atoms with Crippen LogP contribution < -0.4 is 5.73 Å². The topological polar surface area (TPSA) is 56.2 Å². The van der Waals surface area contributed by atoms with E-state index in [-0.39, 0.29) is 0 Å². The average Bonchev–Trinajstić information content (AvgIpc) is 2.82. The molecule has 0 unspecified atom stereocenters. The van der Waals surface area contributed by atoms with E-state index in [0.717, 1.165) is 16.4 Å². The number of nitrogens with two attached hydrogens (primary N) is 1. The van der Waals surface area contributed by atoms with Gasteiger partial charge >= 0.3 is 0 Å². The summed E-state index contributed by atoms with van der Waals surface area (Å²) in [6.07, 6.45) is 1.94. The third-order valence-corrected chi connectivity index (χ3v) is 4.11. The number of benzene rings is 1. The van der Waals surface area contributed by atoms with Gasteiger partial charge in [-0.25, -0.2) is 0 Å². The highest BCUT2D eigenvalue weighted by atomic mass is 35.5. The molecule has 0 atom stereocenters. The fourth-order valence-electron chi connectivity index (χ4n) is 1.78. The number of aromatic nitrogens is 3. The summed E-state index contributed by atoms with van der Waals surface area (Å²) in [4.78, 5) is 0. The summed E-state index contributed by atoms with van der Waals surface area (Å²) in [5, 5.41) is 9.78. The largest absolute Gasteiger partial charge is 0.398 e. The van der Waals surface area contributed by atoms with Crippen LogP contribution in [0.4, 0.5) is 5.69 Å². The molecular formula is C13H11ClN4S. The lowest BCUT2D eigenvalue weighted by Gasteiger charge is -2.06. The third kappa shape index (κ3) is 2.39. The van der Waals surface area contributed by atoms with Crippen molar-refractivity contribution >= 4 is 34.7 Å². The van der Waals surface area contributed by atoms with Gasteiger partial charge in [0, 0.05) is 28.2 Å². The van der Waals surface area contributed by atoms with Gasteiger partial charge in [-0.3, -0.25) is 4.40 Å². The van der Waals surface area contributed by atoms with Crippen molar-refractivity contribution in [3.05, 3.63) is 53.2 Å². The van der Waals surface area contributed by atoms with Gasteiger partial charge in [-0.05, 0) is 24.3 Å². The summed E-state index contributed by atoms with van der Waals surface area (Å²) in [7, 11) is 0. The molecule has 0 aliphatic carbocycles. The molecule has 6 heteroatoms. The minimum Gasteiger partial charge on any atom is -0.398 e. The first-order chi connectivity index (χ1) is 9.25. The molecule has 1 aromatic carbocycles. The predicted molar refractivity (Wildman–Crippen MR) is 78.4 cm³/mol. The number of nitrogens with zero attached hydrogens (tertiary/aromatic N) is 3. The average molecular weight is 291 g/mol. The Morgan fingerprint density at radius 2 is 2.05 bits per heavy atom. The zero-order chi connectivity index (χ0) is 13.2. The summed E-state index contributed by atoms with van der Waals surface area (Å²) in [6, 6.07) is 11.3. The Hall–Kier alpha value is -1.72. The lowest BCUT2D eigenvalue weighted by molar-refractivity contribution is 0.921. The van der Waals surface area contributed by atoms with E-state index in [4.69, 9.17) is 17.3 Å². The van der Waals surface area contributed by atoms with Crippen molar-refractivity contribution in [2.75, 3.05) is 5.73 Å². The molecule has 0 amide bonds. The zero-order valence-corrected chi connectivity index (χ0v) is 11.5. The molecule has 4 nitrogen and oxygen atoms in total. The summed E-state index contributed by atoms with van der Waals surface area (Å²) in [6.45, 7) is 0. The van der Waals surface area contributed by atoms with Crippen molar-refractivity contribution in [1.82, 2.24) is 14.6 Å². The van der Waals surface area contributed by atoms with E-state index in [1.807, 2.05) is 47.0 Å². The Labute approximate surface area is 119 Å². The molecule has 96 valence electrons. The SMILES string of the molecule is Nc1cccc(Cl)c1CSc1nnc2ccccn12. The van der Waals surface area contributed by atoms with Crippen molar-refractivity contribution in [2.24, 2.45) is 0 Å². The third-order valence-electron chi connectivity index (χ3n) is 2.78. The van der Waals surface area contributed by atoms with Crippen molar-refractivity contribution in [3.8, 4) is 0 Å². The predicted octanol–water partition coefficient (Wildman–Crippen LogP) is 3.26. The van der Waals surface area contributed by atoms with Gasteiger partial charge in [0.1, 0.15) is 0 Å². The Morgan fingerprint density at radius 1 is 1.16 bits per heavy atom. The second kappa shape index (κ2) is 5.11. The van der Waals surface area contributed by atoms with E-state index >= 15 is 0 Å². The minimum atomic E-state index is 0.668. The molecule has 0 radical (unpaired) electrons. The molecule has 0 spiro atoms. The van der Waals surface area contributed by atoms with Crippen LogP contribution >= 0.6 is 23.4 Å². The molecule has 3 aromatic rings.